The van der Waals surface area contributed by atoms with Crippen LogP contribution in [0.4, 0.5) is 33.6 Å². The van der Waals surface area contributed by atoms with Crippen LogP contribution in [0.5, 0.6) is 0 Å². The van der Waals surface area contributed by atoms with Crippen molar-refractivity contribution in [2.75, 3.05) is 10.6 Å². The van der Waals surface area contributed by atoms with Gasteiger partial charge in [-0.15, -0.1) is 0 Å². The molecule has 284 valence electrons. The number of nitrogens with one attached hydrogen (secondary N) is 2. The van der Waals surface area contributed by atoms with Crippen molar-refractivity contribution in [1.29, 1.82) is 0 Å². The molecule has 6 aromatic rings. The minimum Gasteiger partial charge on any atom is -0.305 e. The van der Waals surface area contributed by atoms with Crippen molar-refractivity contribution in [3.63, 3.8) is 0 Å². The summed E-state index contributed by atoms with van der Waals surface area (Å²) in [6.07, 6.45) is 4.30. The van der Waals surface area contributed by atoms with Crippen LogP contribution in [-0.2, 0) is 25.7 Å². The summed E-state index contributed by atoms with van der Waals surface area (Å²) in [6.45, 7) is 1.85. The van der Waals surface area contributed by atoms with Gasteiger partial charge < -0.3 is 10.6 Å². The molecular formula is C41H29Cl2F5N6O2. The summed E-state index contributed by atoms with van der Waals surface area (Å²) in [6, 6.07) is 19.1. The first-order valence-electron chi connectivity index (χ1n) is 17.1. The molecule has 15 heteroatoms. The van der Waals surface area contributed by atoms with E-state index in [0.717, 1.165) is 5.56 Å². The van der Waals surface area contributed by atoms with Gasteiger partial charge in [-0.3, -0.25) is 19.6 Å². The number of carbonyl (C=O) groups is 2. The number of hydrogen-bond donors (Lipinski definition) is 2. The number of aryl methyl sites for hydroxylation is 1. The number of amides is 2. The number of anilines is 2. The zero-order chi connectivity index (χ0) is 39.8. The van der Waals surface area contributed by atoms with Crippen LogP contribution in [0.15, 0.2) is 97.6 Å². The van der Waals surface area contributed by atoms with E-state index in [-0.39, 0.29) is 43.0 Å². The molecule has 0 unspecified atom stereocenters. The molecule has 0 bridgehead atoms. The van der Waals surface area contributed by atoms with Crippen molar-refractivity contribution in [3.05, 3.63) is 152 Å². The Morgan fingerprint density at radius 2 is 1.00 bits per heavy atom. The molecule has 2 aromatic heterocycles. The van der Waals surface area contributed by atoms with Crippen molar-refractivity contribution in [3.8, 4) is 22.5 Å². The average Bonchev–Trinajstić information content (AvgIpc) is 3.63. The average molecular weight is 804 g/mol. The predicted molar refractivity (Wildman–Crippen MR) is 203 cm³/mol. The maximum Gasteiger partial charge on any atom is 0.259 e. The van der Waals surface area contributed by atoms with Crippen molar-refractivity contribution in [1.82, 2.24) is 19.9 Å². The van der Waals surface area contributed by atoms with Gasteiger partial charge in [-0.05, 0) is 77.2 Å². The molecule has 8 nitrogen and oxygen atoms in total. The van der Waals surface area contributed by atoms with Crippen LogP contribution in [0.3, 0.4) is 0 Å². The molecule has 56 heavy (non-hydrogen) atoms. The topological polar surface area (TPSA) is 110 Å². The Hall–Kier alpha value is -5.79. The summed E-state index contributed by atoms with van der Waals surface area (Å²) in [5, 5.41) is 5.81. The molecule has 2 aliphatic carbocycles. The lowest BCUT2D eigenvalue weighted by molar-refractivity contribution is 0.0123. The Morgan fingerprint density at radius 3 is 1.43 bits per heavy atom. The van der Waals surface area contributed by atoms with Gasteiger partial charge >= 0.3 is 0 Å². The number of aromatic nitrogens is 4. The molecule has 0 fully saturated rings. The Bertz CT molecular complexity index is 2310. The molecule has 2 amide bonds. The molecule has 2 N–H and O–H groups in total. The number of rotatable bonds is 6. The molecule has 4 aromatic carbocycles. The Balaban J connectivity index is 0.000000172. The second-order valence-electron chi connectivity index (χ2n) is 13.4. The predicted octanol–water partition coefficient (Wildman–Crippen LogP) is 10.0. The van der Waals surface area contributed by atoms with Gasteiger partial charge in [0.05, 0.1) is 51.8 Å². The number of alkyl halides is 4. The lowest BCUT2D eigenvalue weighted by Gasteiger charge is -2.09. The van der Waals surface area contributed by atoms with E-state index in [1.807, 2.05) is 19.1 Å². The summed E-state index contributed by atoms with van der Waals surface area (Å²) in [4.78, 5) is 41.3. The summed E-state index contributed by atoms with van der Waals surface area (Å²) in [5.74, 6) is -6.67. The molecule has 8 rings (SSSR count). The number of nitrogens with zero attached hydrogens (tertiary/aromatic N) is 4. The van der Waals surface area contributed by atoms with Crippen LogP contribution in [0.25, 0.3) is 22.5 Å². The minimum absolute atomic E-state index is 0.115. The molecule has 2 heterocycles. The first kappa shape index (κ1) is 38.5. The molecule has 0 saturated carbocycles. The van der Waals surface area contributed by atoms with Gasteiger partial charge in [-0.2, -0.15) is 0 Å². The lowest BCUT2D eigenvalue weighted by Crippen LogP contribution is -2.14. The highest BCUT2D eigenvalue weighted by Crippen LogP contribution is 2.41. The number of hydrogen-bond acceptors (Lipinski definition) is 6. The fourth-order valence-corrected chi connectivity index (χ4v) is 7.08. The van der Waals surface area contributed by atoms with Gasteiger partial charge in [-0.25, -0.2) is 31.9 Å². The highest BCUT2D eigenvalue weighted by Gasteiger charge is 2.39. The van der Waals surface area contributed by atoms with E-state index in [1.54, 1.807) is 36.4 Å². The molecule has 0 atom stereocenters. The molecular weight excluding hydrogens is 774 g/mol. The largest absolute Gasteiger partial charge is 0.305 e. The molecule has 0 spiro atoms. The number of fused-ring (bicyclic) bond motifs is 2. The maximum atomic E-state index is 13.7. The van der Waals surface area contributed by atoms with E-state index in [1.165, 1.54) is 49.1 Å². The monoisotopic (exact) mass is 802 g/mol. The van der Waals surface area contributed by atoms with Crippen LogP contribution >= 0.6 is 23.2 Å². The van der Waals surface area contributed by atoms with Crippen LogP contribution in [-0.4, -0.2) is 43.6 Å². The lowest BCUT2D eigenvalue weighted by atomic mass is 10.0. The summed E-state index contributed by atoms with van der Waals surface area (Å²) >= 11 is 12.5. The highest BCUT2D eigenvalue weighted by atomic mass is 35.5. The standard InChI is InChI=1S/C21H16ClF2N3O.C20H13ClF3N3O/c1-12-4-2-3-5-15(12)20(28)27-19-11-25-18(10-26-19)16-6-13-8-21(23,24)9-14(13)7-17(16)22;21-15-6-12-8-20(23,24)7-11(12)5-14(15)17-9-26-18(10-25-17)27-19(28)13-3-1-2-4-16(13)22/h2-7,10-11H,8-9H2,1H3,(H,26,27,28);1-6,9-10H,7-8H2,(H,26,27,28). The van der Waals surface area contributed by atoms with Crippen molar-refractivity contribution >= 4 is 46.7 Å². The van der Waals surface area contributed by atoms with Crippen LogP contribution in [0.2, 0.25) is 10.0 Å². The SMILES string of the molecule is Cc1ccccc1C(=O)Nc1cnc(-c2cc3c(cc2Cl)CC(F)(F)C3)cn1.O=C(Nc1cnc(-c2cc3c(cc2Cl)CC(F)(F)C3)cn1)c1ccccc1F. The number of carbonyl (C=O) groups excluding carboxylic acids is 2. The van der Waals surface area contributed by atoms with E-state index in [2.05, 4.69) is 30.6 Å². The van der Waals surface area contributed by atoms with Crippen molar-refractivity contribution < 1.29 is 31.5 Å². The third-order valence-electron chi connectivity index (χ3n) is 9.22. The molecule has 0 aliphatic heterocycles. The van der Waals surface area contributed by atoms with Crippen LogP contribution in [0.1, 0.15) is 48.5 Å². The zero-order valence-corrected chi connectivity index (χ0v) is 30.8. The first-order chi connectivity index (χ1) is 26.6. The highest BCUT2D eigenvalue weighted by molar-refractivity contribution is 6.33. The third-order valence-corrected chi connectivity index (χ3v) is 9.85. The maximum absolute atomic E-state index is 13.7. The Labute approximate surface area is 327 Å². The normalized spacial score (nSPS) is 14.6. The fourth-order valence-electron chi connectivity index (χ4n) is 6.51. The Kier molecular flexibility index (Phi) is 10.6. The van der Waals surface area contributed by atoms with Gasteiger partial charge in [-0.1, -0.05) is 53.5 Å². The zero-order valence-electron chi connectivity index (χ0n) is 29.3. The molecule has 0 saturated heterocycles. The Morgan fingerprint density at radius 1 is 0.589 bits per heavy atom. The third kappa shape index (κ3) is 8.53. The van der Waals surface area contributed by atoms with E-state index in [9.17, 15) is 31.5 Å². The van der Waals surface area contributed by atoms with Gasteiger partial charge in [0.2, 0.25) is 0 Å². The van der Waals surface area contributed by atoms with E-state index >= 15 is 0 Å². The van der Waals surface area contributed by atoms with Crippen molar-refractivity contribution in [2.24, 2.45) is 0 Å². The second kappa shape index (κ2) is 15.4. The van der Waals surface area contributed by atoms with Gasteiger partial charge in [0.15, 0.2) is 11.6 Å². The summed E-state index contributed by atoms with van der Waals surface area (Å²) in [7, 11) is 0. The van der Waals surface area contributed by atoms with Gasteiger partial charge in [0.1, 0.15) is 5.82 Å². The van der Waals surface area contributed by atoms with E-state index < -0.39 is 23.6 Å². The van der Waals surface area contributed by atoms with Crippen LogP contribution < -0.4 is 10.6 Å². The number of halogens is 7. The summed E-state index contributed by atoms with van der Waals surface area (Å²) in [5.41, 5.74) is 5.35. The molecule has 2 aliphatic rings. The second-order valence-corrected chi connectivity index (χ2v) is 14.2. The van der Waals surface area contributed by atoms with Crippen molar-refractivity contribution in [2.45, 2.75) is 44.5 Å². The first-order valence-corrected chi connectivity index (χ1v) is 17.9. The molecule has 0 radical (unpaired) electrons. The number of benzene rings is 4. The minimum atomic E-state index is -2.77. The van der Waals surface area contributed by atoms with Gasteiger partial charge in [0.25, 0.3) is 23.7 Å². The smallest absolute Gasteiger partial charge is 0.259 e. The summed E-state index contributed by atoms with van der Waals surface area (Å²) < 4.78 is 68.2. The quantitative estimate of drug-likeness (QED) is 0.162. The van der Waals surface area contributed by atoms with Gasteiger partial charge in [0, 0.05) is 42.4 Å². The van der Waals surface area contributed by atoms with Crippen LogP contribution in [0, 0.1) is 12.7 Å². The van der Waals surface area contributed by atoms with E-state index in [4.69, 9.17) is 23.2 Å². The fraction of sp³-hybridized carbons (Fsp3) is 0.171. The van der Waals surface area contributed by atoms with E-state index in [0.29, 0.717) is 66.2 Å².